The number of nitro benzene ring substituents is 1. The molecule has 12 heteroatoms. The highest BCUT2D eigenvalue weighted by Crippen LogP contribution is 2.39. The fourth-order valence-corrected chi connectivity index (χ4v) is 7.29. The van der Waals surface area contributed by atoms with Gasteiger partial charge in [-0.3, -0.25) is 10.1 Å². The van der Waals surface area contributed by atoms with Crippen LogP contribution in [-0.2, 0) is 39.7 Å². The Hall–Kier alpha value is -4.45. The van der Waals surface area contributed by atoms with Crippen molar-refractivity contribution in [2.24, 2.45) is 0 Å². The van der Waals surface area contributed by atoms with Crippen molar-refractivity contribution < 1.29 is 32.3 Å². The van der Waals surface area contributed by atoms with Gasteiger partial charge in [0.05, 0.1) is 29.5 Å². The number of aldehydes is 1. The molecule has 0 bridgehead atoms. The molecule has 1 aliphatic rings. The van der Waals surface area contributed by atoms with Gasteiger partial charge in [0.2, 0.25) is 10.0 Å². The van der Waals surface area contributed by atoms with Gasteiger partial charge in [-0.1, -0.05) is 41.9 Å². The highest BCUT2D eigenvalue weighted by atomic mass is 35.5. The molecule has 10 nitrogen and oxygen atoms in total. The topological polar surface area (TPSA) is 125 Å². The molecule has 0 aromatic heterocycles. The normalized spacial score (nSPS) is 16.0. The van der Waals surface area contributed by atoms with E-state index in [1.165, 1.54) is 16.4 Å². The monoisotopic (exact) mass is 664 g/mol. The first kappa shape index (κ1) is 32.9. The zero-order valence-electron chi connectivity index (χ0n) is 25.3. The van der Waals surface area contributed by atoms with Crippen molar-refractivity contribution in [3.8, 4) is 17.2 Å². The van der Waals surface area contributed by atoms with E-state index in [1.807, 2.05) is 6.07 Å². The number of benzene rings is 4. The summed E-state index contributed by atoms with van der Waals surface area (Å²) in [5.41, 5.74) is 1.54. The summed E-state index contributed by atoms with van der Waals surface area (Å²) in [6.07, 6.45) is 2.78. The van der Waals surface area contributed by atoms with Crippen LogP contribution in [0.2, 0.25) is 5.02 Å². The fraction of sp³-hybridized carbons (Fsp3) is 0.265. The molecule has 0 spiro atoms. The van der Waals surface area contributed by atoms with Crippen LogP contribution in [0.3, 0.4) is 0 Å². The van der Waals surface area contributed by atoms with Crippen LogP contribution >= 0.6 is 11.6 Å². The third-order valence-electron chi connectivity index (χ3n) is 8.18. The van der Waals surface area contributed by atoms with E-state index >= 15 is 0 Å². The van der Waals surface area contributed by atoms with Crippen molar-refractivity contribution in [3.63, 3.8) is 0 Å². The predicted octanol–water partition coefficient (Wildman–Crippen LogP) is 6.51. The van der Waals surface area contributed by atoms with Gasteiger partial charge in [-0.2, -0.15) is 4.31 Å². The van der Waals surface area contributed by atoms with Crippen LogP contribution in [-0.4, -0.2) is 44.8 Å². The zero-order chi connectivity index (χ0) is 32.9. The van der Waals surface area contributed by atoms with E-state index in [0.717, 1.165) is 29.9 Å². The smallest absolute Gasteiger partial charge is 0.312 e. The number of ether oxygens (including phenoxy) is 3. The Morgan fingerprint density at radius 1 is 0.913 bits per heavy atom. The second-order valence-corrected chi connectivity index (χ2v) is 13.4. The van der Waals surface area contributed by atoms with Gasteiger partial charge < -0.3 is 19.0 Å². The van der Waals surface area contributed by atoms with Crippen molar-refractivity contribution in [1.82, 2.24) is 4.31 Å². The van der Waals surface area contributed by atoms with E-state index in [9.17, 15) is 23.3 Å². The molecular weight excluding hydrogens is 632 g/mol. The van der Waals surface area contributed by atoms with Crippen LogP contribution in [0.1, 0.15) is 35.1 Å². The average molecular weight is 665 g/mol. The number of carbonyl (C=O) groups excluding carboxylic acids is 1. The quantitative estimate of drug-likeness (QED) is 0.0900. The average Bonchev–Trinajstić information content (AvgIpc) is 3.07. The Morgan fingerprint density at radius 3 is 2.07 bits per heavy atom. The van der Waals surface area contributed by atoms with Gasteiger partial charge in [-0.25, -0.2) is 8.42 Å². The van der Waals surface area contributed by atoms with Crippen LogP contribution in [0.4, 0.5) is 5.69 Å². The molecular formula is C34H33ClN2O8S. The lowest BCUT2D eigenvalue weighted by Gasteiger charge is -2.34. The lowest BCUT2D eigenvalue weighted by molar-refractivity contribution is -0.386. The first-order valence-corrected chi connectivity index (χ1v) is 16.3. The number of halogens is 1. The zero-order valence-corrected chi connectivity index (χ0v) is 26.9. The first-order chi connectivity index (χ1) is 22.1. The van der Waals surface area contributed by atoms with E-state index in [4.69, 9.17) is 25.8 Å². The van der Waals surface area contributed by atoms with Gasteiger partial charge in [-0.05, 0) is 90.0 Å². The molecule has 4 aromatic carbocycles. The van der Waals surface area contributed by atoms with Gasteiger partial charge in [-0.15, -0.1) is 0 Å². The van der Waals surface area contributed by atoms with E-state index in [-0.39, 0.29) is 30.3 Å². The minimum atomic E-state index is -4.26. The third kappa shape index (κ3) is 7.01. The molecule has 5 rings (SSSR count). The molecule has 46 heavy (non-hydrogen) atoms. The molecule has 0 fully saturated rings. The van der Waals surface area contributed by atoms with Crippen molar-refractivity contribution in [2.75, 3.05) is 20.8 Å². The first-order valence-electron chi connectivity index (χ1n) is 14.5. The summed E-state index contributed by atoms with van der Waals surface area (Å²) in [4.78, 5) is 23.7. The number of nitro groups is 1. The van der Waals surface area contributed by atoms with E-state index in [0.29, 0.717) is 40.5 Å². The minimum absolute atomic E-state index is 0.00428. The minimum Gasteiger partial charge on any atom is -0.497 e. The van der Waals surface area contributed by atoms with Crippen LogP contribution in [0.25, 0.3) is 0 Å². The summed E-state index contributed by atoms with van der Waals surface area (Å²) in [7, 11) is -1.18. The molecule has 0 aliphatic heterocycles. The van der Waals surface area contributed by atoms with Gasteiger partial charge >= 0.3 is 5.69 Å². The van der Waals surface area contributed by atoms with E-state index in [1.54, 1.807) is 74.9 Å². The summed E-state index contributed by atoms with van der Waals surface area (Å²) < 4.78 is 45.8. The lowest BCUT2D eigenvalue weighted by atomic mass is 9.71. The molecule has 1 unspecified atom stereocenters. The van der Waals surface area contributed by atoms with Crippen LogP contribution in [0.5, 0.6) is 17.2 Å². The highest BCUT2D eigenvalue weighted by Gasteiger charge is 2.38. The van der Waals surface area contributed by atoms with Crippen LogP contribution in [0, 0.1) is 10.1 Å². The van der Waals surface area contributed by atoms with Crippen molar-refractivity contribution in [2.45, 2.75) is 42.7 Å². The summed E-state index contributed by atoms with van der Waals surface area (Å²) in [5, 5.41) is 12.8. The summed E-state index contributed by atoms with van der Waals surface area (Å²) in [6.45, 7) is -0.162. The second kappa shape index (κ2) is 13.9. The molecule has 0 saturated heterocycles. The summed E-state index contributed by atoms with van der Waals surface area (Å²) in [5.74, 6) is 1.11. The molecule has 0 radical (unpaired) electrons. The van der Waals surface area contributed by atoms with Gasteiger partial charge in [0.25, 0.3) is 0 Å². The maximum Gasteiger partial charge on any atom is 0.312 e. The SMILES string of the molecule is COc1ccc(CN(Cc2ccc(OC)cc2)S(=O)(=O)c2ccc(OCC3(C=O)CCCc4cc(Cl)ccc43)c([N+](=O)[O-])c2)cc1. The highest BCUT2D eigenvalue weighted by molar-refractivity contribution is 7.89. The Balaban J connectivity index is 1.46. The maximum atomic E-state index is 14.1. The van der Waals surface area contributed by atoms with Gasteiger partial charge in [0.1, 0.15) is 24.4 Å². The Bertz CT molecular complexity index is 1780. The standard InChI is InChI=1S/C34H33ClN2O8S/c1-43-28-10-5-24(6-11-28)20-36(21-25-7-12-29(44-2)13-8-25)46(41,42)30-14-16-33(32(19-30)37(39)40)45-23-34(22-38)17-3-4-26-18-27(35)9-15-31(26)34/h5-16,18-19,22H,3-4,17,20-21,23H2,1-2H3. The Morgan fingerprint density at radius 2 is 1.52 bits per heavy atom. The van der Waals surface area contributed by atoms with Crippen LogP contribution < -0.4 is 14.2 Å². The molecule has 240 valence electrons. The molecule has 0 heterocycles. The van der Waals surface area contributed by atoms with E-state index < -0.39 is 26.0 Å². The Kier molecular flexibility index (Phi) is 9.95. The molecule has 4 aromatic rings. The van der Waals surface area contributed by atoms with Gasteiger partial charge in [0, 0.05) is 24.2 Å². The van der Waals surface area contributed by atoms with Crippen molar-refractivity contribution in [1.29, 1.82) is 0 Å². The number of fused-ring (bicyclic) bond motifs is 1. The molecule has 0 saturated carbocycles. The number of nitrogens with zero attached hydrogens (tertiary/aromatic N) is 2. The maximum absolute atomic E-state index is 14.1. The molecule has 0 amide bonds. The Labute approximate surface area is 272 Å². The lowest BCUT2D eigenvalue weighted by Crippen LogP contribution is -2.38. The van der Waals surface area contributed by atoms with Crippen molar-refractivity contribution in [3.05, 3.63) is 122 Å². The number of hydrogen-bond acceptors (Lipinski definition) is 8. The number of carbonyl (C=O) groups is 1. The fourth-order valence-electron chi connectivity index (χ4n) is 5.66. The van der Waals surface area contributed by atoms with Gasteiger partial charge in [0.15, 0.2) is 5.75 Å². The number of sulfonamides is 1. The third-order valence-corrected chi connectivity index (χ3v) is 10.2. The predicted molar refractivity (Wildman–Crippen MR) is 173 cm³/mol. The number of methoxy groups -OCH3 is 2. The van der Waals surface area contributed by atoms with Crippen molar-refractivity contribution >= 4 is 33.6 Å². The van der Waals surface area contributed by atoms with E-state index in [2.05, 4.69) is 0 Å². The molecule has 1 aliphatic carbocycles. The second-order valence-electron chi connectivity index (χ2n) is 11.1. The number of rotatable bonds is 13. The largest absolute Gasteiger partial charge is 0.497 e. The molecule has 0 N–H and O–H groups in total. The number of hydrogen-bond donors (Lipinski definition) is 0. The molecule has 1 atom stereocenters. The summed E-state index contributed by atoms with van der Waals surface area (Å²) in [6, 6.07) is 22.8. The summed E-state index contributed by atoms with van der Waals surface area (Å²) >= 11 is 6.17. The van der Waals surface area contributed by atoms with Crippen LogP contribution in [0.15, 0.2) is 89.8 Å². The number of aryl methyl sites for hydroxylation is 1.